The molecule has 4 heteroatoms. The molecule has 0 bridgehead atoms. The van der Waals surface area contributed by atoms with E-state index >= 15 is 0 Å². The van der Waals surface area contributed by atoms with Crippen LogP contribution in [-0.4, -0.2) is 34.4 Å². The van der Waals surface area contributed by atoms with Crippen molar-refractivity contribution in [3.05, 3.63) is 0 Å². The van der Waals surface area contributed by atoms with Crippen molar-refractivity contribution in [3.8, 4) is 0 Å². The molecule has 0 aromatic rings. The molecule has 1 fully saturated rings. The topological polar surface area (TPSA) is 69.6 Å². The summed E-state index contributed by atoms with van der Waals surface area (Å²) < 4.78 is 0. The Labute approximate surface area is 71.6 Å². The second kappa shape index (κ2) is 3.87. The molecule has 1 aliphatic carbocycles. The summed E-state index contributed by atoms with van der Waals surface area (Å²) in [4.78, 5) is 11.0. The normalized spacial score (nSPS) is 31.6. The van der Waals surface area contributed by atoms with E-state index in [9.17, 15) is 9.90 Å². The zero-order valence-electron chi connectivity index (χ0n) is 7.16. The number of carbonyl (C=O) groups is 1. The molecule has 0 heterocycles. The van der Waals surface area contributed by atoms with Crippen LogP contribution in [-0.2, 0) is 4.79 Å². The Hall–Kier alpha value is -0.610. The zero-order valence-corrected chi connectivity index (χ0v) is 7.16. The number of amides is 1. The number of aliphatic hydroxyl groups excluding tert-OH is 2. The maximum Gasteiger partial charge on any atom is 0.248 e. The lowest BCUT2D eigenvalue weighted by Gasteiger charge is -2.17. The first-order chi connectivity index (χ1) is 5.61. The van der Waals surface area contributed by atoms with Crippen LogP contribution < -0.4 is 5.32 Å². The molecule has 1 amide bonds. The second-order valence-corrected chi connectivity index (χ2v) is 3.29. The van der Waals surface area contributed by atoms with Gasteiger partial charge in [-0.25, -0.2) is 0 Å². The van der Waals surface area contributed by atoms with E-state index in [1.165, 1.54) is 6.92 Å². The fourth-order valence-corrected chi connectivity index (χ4v) is 1.41. The highest BCUT2D eigenvalue weighted by molar-refractivity contribution is 5.80. The number of rotatable bonds is 2. The molecule has 1 unspecified atom stereocenters. The molecule has 0 radical (unpaired) electrons. The van der Waals surface area contributed by atoms with Crippen molar-refractivity contribution in [3.63, 3.8) is 0 Å². The minimum Gasteiger partial charge on any atom is -0.391 e. The largest absolute Gasteiger partial charge is 0.391 e. The fraction of sp³-hybridized carbons (Fsp3) is 0.875. The van der Waals surface area contributed by atoms with Gasteiger partial charge in [-0.15, -0.1) is 0 Å². The van der Waals surface area contributed by atoms with Crippen LogP contribution >= 0.6 is 0 Å². The van der Waals surface area contributed by atoms with Gasteiger partial charge in [-0.1, -0.05) is 0 Å². The maximum atomic E-state index is 11.0. The SMILES string of the molecule is CC(O)C(=O)N[C@@H]1CCC[C@H]1O. The first kappa shape index (κ1) is 9.48. The molecule has 0 aromatic heterocycles. The monoisotopic (exact) mass is 173 g/mol. The van der Waals surface area contributed by atoms with Crippen molar-refractivity contribution < 1.29 is 15.0 Å². The smallest absolute Gasteiger partial charge is 0.248 e. The van der Waals surface area contributed by atoms with Crippen LogP contribution in [0.25, 0.3) is 0 Å². The highest BCUT2D eigenvalue weighted by Gasteiger charge is 2.27. The number of nitrogens with one attached hydrogen (secondary N) is 1. The van der Waals surface area contributed by atoms with Crippen LogP contribution in [0.3, 0.4) is 0 Å². The van der Waals surface area contributed by atoms with Crippen molar-refractivity contribution in [1.82, 2.24) is 5.32 Å². The molecular weight excluding hydrogens is 158 g/mol. The van der Waals surface area contributed by atoms with Crippen LogP contribution in [0.15, 0.2) is 0 Å². The Morgan fingerprint density at radius 3 is 2.67 bits per heavy atom. The van der Waals surface area contributed by atoms with Crippen LogP contribution in [0.4, 0.5) is 0 Å². The minimum atomic E-state index is -0.988. The van der Waals surface area contributed by atoms with Gasteiger partial charge in [0.05, 0.1) is 12.1 Å². The maximum absolute atomic E-state index is 11.0. The number of carbonyl (C=O) groups excluding carboxylic acids is 1. The lowest BCUT2D eigenvalue weighted by Crippen LogP contribution is -2.43. The van der Waals surface area contributed by atoms with Gasteiger partial charge in [0.15, 0.2) is 0 Å². The van der Waals surface area contributed by atoms with Crippen molar-refractivity contribution in [2.24, 2.45) is 0 Å². The van der Waals surface area contributed by atoms with Crippen molar-refractivity contribution in [1.29, 1.82) is 0 Å². The Bertz CT molecular complexity index is 170. The summed E-state index contributed by atoms with van der Waals surface area (Å²) in [5.41, 5.74) is 0. The summed E-state index contributed by atoms with van der Waals surface area (Å²) in [6.45, 7) is 1.41. The molecule has 1 aliphatic rings. The third-order valence-corrected chi connectivity index (χ3v) is 2.19. The van der Waals surface area contributed by atoms with Crippen molar-refractivity contribution in [2.45, 2.75) is 44.4 Å². The molecule has 70 valence electrons. The standard InChI is InChI=1S/C8H15NO3/c1-5(10)8(12)9-6-3-2-4-7(6)11/h5-7,10-11H,2-4H2,1H3,(H,9,12)/t5?,6-,7-/m1/s1. The highest BCUT2D eigenvalue weighted by atomic mass is 16.3. The van der Waals surface area contributed by atoms with Crippen molar-refractivity contribution in [2.75, 3.05) is 0 Å². The van der Waals surface area contributed by atoms with E-state index in [1.807, 2.05) is 0 Å². The highest BCUT2D eigenvalue weighted by Crippen LogP contribution is 2.18. The lowest BCUT2D eigenvalue weighted by molar-refractivity contribution is -0.129. The van der Waals surface area contributed by atoms with Gasteiger partial charge in [0.25, 0.3) is 0 Å². The van der Waals surface area contributed by atoms with Gasteiger partial charge in [0.1, 0.15) is 6.10 Å². The Morgan fingerprint density at radius 2 is 2.25 bits per heavy atom. The first-order valence-corrected chi connectivity index (χ1v) is 4.28. The molecule has 1 saturated carbocycles. The molecule has 3 N–H and O–H groups in total. The van der Waals surface area contributed by atoms with Gasteiger partial charge in [0, 0.05) is 0 Å². The summed E-state index contributed by atoms with van der Waals surface area (Å²) in [6.07, 6.45) is 1.06. The Balaban J connectivity index is 2.35. The van der Waals surface area contributed by atoms with Gasteiger partial charge in [-0.3, -0.25) is 4.79 Å². The first-order valence-electron chi connectivity index (χ1n) is 4.28. The molecule has 1 rings (SSSR count). The summed E-state index contributed by atoms with van der Waals surface area (Å²) in [7, 11) is 0. The van der Waals surface area contributed by atoms with E-state index in [4.69, 9.17) is 5.11 Å². The van der Waals surface area contributed by atoms with Gasteiger partial charge < -0.3 is 15.5 Å². The summed E-state index contributed by atoms with van der Waals surface area (Å²) in [6, 6.07) is -0.160. The zero-order chi connectivity index (χ0) is 9.14. The molecule has 12 heavy (non-hydrogen) atoms. The van der Waals surface area contributed by atoms with E-state index in [0.29, 0.717) is 0 Å². The van der Waals surface area contributed by atoms with E-state index in [-0.39, 0.29) is 6.04 Å². The van der Waals surface area contributed by atoms with Gasteiger partial charge in [-0.2, -0.15) is 0 Å². The van der Waals surface area contributed by atoms with Crippen LogP contribution in [0, 0.1) is 0 Å². The average molecular weight is 173 g/mol. The Morgan fingerprint density at radius 1 is 1.58 bits per heavy atom. The van der Waals surface area contributed by atoms with E-state index < -0.39 is 18.1 Å². The molecule has 4 nitrogen and oxygen atoms in total. The van der Waals surface area contributed by atoms with E-state index in [1.54, 1.807) is 0 Å². The predicted octanol–water partition coefficient (Wildman–Crippen LogP) is -0.603. The lowest BCUT2D eigenvalue weighted by atomic mass is 10.2. The van der Waals surface area contributed by atoms with Crippen LogP contribution in [0.2, 0.25) is 0 Å². The molecule has 0 saturated heterocycles. The third kappa shape index (κ3) is 2.19. The summed E-state index contributed by atoms with van der Waals surface area (Å²) in [5, 5.41) is 20.8. The number of aliphatic hydroxyl groups is 2. The molecule has 3 atom stereocenters. The minimum absolute atomic E-state index is 0.160. The summed E-state index contributed by atoms with van der Waals surface area (Å²) >= 11 is 0. The Kier molecular flexibility index (Phi) is 3.05. The third-order valence-electron chi connectivity index (χ3n) is 2.19. The molecular formula is C8H15NO3. The van der Waals surface area contributed by atoms with E-state index in [0.717, 1.165) is 19.3 Å². The van der Waals surface area contributed by atoms with Gasteiger partial charge in [0.2, 0.25) is 5.91 Å². The van der Waals surface area contributed by atoms with Crippen LogP contribution in [0.5, 0.6) is 0 Å². The van der Waals surface area contributed by atoms with E-state index in [2.05, 4.69) is 5.32 Å². The molecule has 0 aliphatic heterocycles. The summed E-state index contributed by atoms with van der Waals surface area (Å²) in [5.74, 6) is -0.402. The molecule has 0 aromatic carbocycles. The second-order valence-electron chi connectivity index (χ2n) is 3.29. The molecule has 0 spiro atoms. The van der Waals surface area contributed by atoms with Gasteiger partial charge >= 0.3 is 0 Å². The van der Waals surface area contributed by atoms with Crippen LogP contribution in [0.1, 0.15) is 26.2 Å². The number of hydrogen-bond acceptors (Lipinski definition) is 3. The number of hydrogen-bond donors (Lipinski definition) is 3. The fourth-order valence-electron chi connectivity index (χ4n) is 1.41. The van der Waals surface area contributed by atoms with Gasteiger partial charge in [-0.05, 0) is 26.2 Å². The van der Waals surface area contributed by atoms with Crippen molar-refractivity contribution >= 4 is 5.91 Å². The predicted molar refractivity (Wildman–Crippen MR) is 43.5 cm³/mol. The average Bonchev–Trinajstić information content (AvgIpc) is 2.36. The quantitative estimate of drug-likeness (QED) is 0.522.